The zero-order valence-corrected chi connectivity index (χ0v) is 10.6. The summed E-state index contributed by atoms with van der Waals surface area (Å²) in [4.78, 5) is 0. The van der Waals surface area contributed by atoms with Crippen LogP contribution >= 0.6 is 0 Å². The van der Waals surface area contributed by atoms with Gasteiger partial charge in [0.1, 0.15) is 0 Å². The van der Waals surface area contributed by atoms with Gasteiger partial charge >= 0.3 is 0 Å². The molecule has 0 fully saturated rings. The van der Waals surface area contributed by atoms with Gasteiger partial charge in [-0.1, -0.05) is 42.0 Å². The molecular formula is C18H14. The first kappa shape index (κ1) is 9.90. The van der Waals surface area contributed by atoms with E-state index in [-0.39, 0.29) is 0 Å². The molecule has 0 N–H and O–H groups in total. The Bertz CT molecular complexity index is 925. The summed E-state index contributed by atoms with van der Waals surface area (Å²) in [6.45, 7) is 4.35. The molecule has 0 unspecified atom stereocenters. The predicted molar refractivity (Wildman–Crippen MR) is 76.6 cm³/mol. The molecule has 4 rings (SSSR count). The van der Waals surface area contributed by atoms with Gasteiger partial charge in [0.15, 0.2) is 0 Å². The Kier molecular flexibility index (Phi) is 1.78. The molecule has 0 bridgehead atoms. The molecule has 2 aromatic rings. The summed E-state index contributed by atoms with van der Waals surface area (Å²) in [6.07, 6.45) is 4.67. The smallest absolute Gasteiger partial charge is 0.00926 e. The Balaban J connectivity index is 2.27. The molecular weight excluding hydrogens is 216 g/mol. The maximum absolute atomic E-state index is 2.35. The monoisotopic (exact) mass is 230 g/mol. The summed E-state index contributed by atoms with van der Waals surface area (Å²) in [6, 6.07) is 13.3. The Hall–Kier alpha value is -2.08. The van der Waals surface area contributed by atoms with Crippen LogP contribution in [0.5, 0.6) is 0 Å². The highest BCUT2D eigenvalue weighted by Crippen LogP contribution is 2.18. The molecule has 0 saturated carbocycles. The van der Waals surface area contributed by atoms with Crippen LogP contribution in [-0.4, -0.2) is 0 Å². The lowest BCUT2D eigenvalue weighted by molar-refractivity contribution is 1.38. The Morgan fingerprint density at radius 3 is 2.50 bits per heavy atom. The van der Waals surface area contributed by atoms with E-state index in [0.29, 0.717) is 0 Å². The minimum Gasteiger partial charge on any atom is -0.0613 e. The Labute approximate surface area is 106 Å². The van der Waals surface area contributed by atoms with Crippen molar-refractivity contribution in [1.29, 1.82) is 0 Å². The molecule has 0 aliphatic heterocycles. The van der Waals surface area contributed by atoms with Crippen LogP contribution in [0.3, 0.4) is 0 Å². The van der Waals surface area contributed by atoms with E-state index in [0.717, 1.165) is 0 Å². The van der Waals surface area contributed by atoms with Gasteiger partial charge in [0.2, 0.25) is 0 Å². The third-order valence-corrected chi connectivity index (χ3v) is 3.99. The lowest BCUT2D eigenvalue weighted by atomic mass is 10.1. The molecule has 18 heavy (non-hydrogen) atoms. The largest absolute Gasteiger partial charge is 0.0613 e. The van der Waals surface area contributed by atoms with E-state index in [1.807, 2.05) is 0 Å². The first-order valence-electron chi connectivity index (χ1n) is 6.39. The molecule has 0 atom stereocenters. The van der Waals surface area contributed by atoms with Crippen LogP contribution in [0, 0.1) is 13.8 Å². The van der Waals surface area contributed by atoms with Gasteiger partial charge in [-0.25, -0.2) is 0 Å². The van der Waals surface area contributed by atoms with Crippen molar-refractivity contribution in [2.75, 3.05) is 0 Å². The highest BCUT2D eigenvalue weighted by Gasteiger charge is 2.15. The Morgan fingerprint density at radius 1 is 0.778 bits per heavy atom. The number of hydrogen-bond donors (Lipinski definition) is 0. The zero-order chi connectivity index (χ0) is 12.3. The fourth-order valence-electron chi connectivity index (χ4n) is 3.04. The van der Waals surface area contributed by atoms with Crippen LogP contribution in [0.1, 0.15) is 11.1 Å². The minimum absolute atomic E-state index is 1.33. The highest BCUT2D eigenvalue weighted by atomic mass is 14.2. The van der Waals surface area contributed by atoms with Crippen LogP contribution in [-0.2, 0) is 0 Å². The van der Waals surface area contributed by atoms with Crippen LogP contribution in [0.25, 0.3) is 23.3 Å². The van der Waals surface area contributed by atoms with Crippen molar-refractivity contribution in [2.45, 2.75) is 13.8 Å². The summed E-state index contributed by atoms with van der Waals surface area (Å²) in [7, 11) is 0. The third-order valence-electron chi connectivity index (χ3n) is 3.99. The summed E-state index contributed by atoms with van der Waals surface area (Å²) < 4.78 is 0. The van der Waals surface area contributed by atoms with Crippen LogP contribution < -0.4 is 20.9 Å². The average molecular weight is 230 g/mol. The quantitative estimate of drug-likeness (QED) is 0.630. The second-order valence-electron chi connectivity index (χ2n) is 5.24. The van der Waals surface area contributed by atoms with Gasteiger partial charge in [0, 0.05) is 0 Å². The molecule has 0 amide bonds. The van der Waals surface area contributed by atoms with Gasteiger partial charge in [-0.05, 0) is 63.6 Å². The molecule has 2 aromatic carbocycles. The standard InChI is InChI=1S/C18H14/c1-11-6-7-13-9-17-14-5-3-4-12(2)15(14)10-18(17)16(13)8-11/h3-10H,1-2H3. The highest BCUT2D eigenvalue weighted by molar-refractivity contribution is 6.18. The number of aryl methyl sites for hydroxylation is 2. The summed E-state index contributed by atoms with van der Waals surface area (Å²) in [5.41, 5.74) is 5.49. The van der Waals surface area contributed by atoms with Gasteiger partial charge in [-0.15, -0.1) is 0 Å². The second kappa shape index (κ2) is 3.23. The van der Waals surface area contributed by atoms with Crippen molar-refractivity contribution in [3.8, 4) is 0 Å². The van der Waals surface area contributed by atoms with Gasteiger partial charge in [-0.3, -0.25) is 0 Å². The average Bonchev–Trinajstić information content (AvgIpc) is 2.87. The molecule has 0 radical (unpaired) electrons. The normalized spacial score (nSPS) is 14.8. The summed E-state index contributed by atoms with van der Waals surface area (Å²) in [5, 5.41) is 5.53. The molecule has 2 aliphatic rings. The van der Waals surface area contributed by atoms with Gasteiger partial charge in [-0.2, -0.15) is 0 Å². The minimum atomic E-state index is 1.33. The molecule has 0 aromatic heterocycles. The van der Waals surface area contributed by atoms with E-state index >= 15 is 0 Å². The topological polar surface area (TPSA) is 0 Å². The maximum atomic E-state index is 2.35. The van der Waals surface area contributed by atoms with Crippen molar-refractivity contribution in [1.82, 2.24) is 0 Å². The van der Waals surface area contributed by atoms with E-state index in [4.69, 9.17) is 0 Å². The van der Waals surface area contributed by atoms with E-state index in [1.165, 1.54) is 43.1 Å². The lowest BCUT2D eigenvalue weighted by Crippen LogP contribution is -2.26. The lowest BCUT2D eigenvalue weighted by Gasteiger charge is -1.93. The number of fused-ring (bicyclic) bond motifs is 3. The second-order valence-corrected chi connectivity index (χ2v) is 5.24. The van der Waals surface area contributed by atoms with E-state index in [1.54, 1.807) is 0 Å². The summed E-state index contributed by atoms with van der Waals surface area (Å²) >= 11 is 0. The zero-order valence-electron chi connectivity index (χ0n) is 10.6. The molecule has 0 saturated heterocycles. The van der Waals surface area contributed by atoms with Crippen molar-refractivity contribution in [2.24, 2.45) is 0 Å². The van der Waals surface area contributed by atoms with Gasteiger partial charge in [0.05, 0.1) is 0 Å². The fraction of sp³-hybridized carbons (Fsp3) is 0.111. The van der Waals surface area contributed by atoms with E-state index in [2.05, 4.69) is 62.4 Å². The van der Waals surface area contributed by atoms with Crippen LogP contribution in [0.15, 0.2) is 36.4 Å². The molecule has 0 nitrogen and oxygen atoms in total. The number of rotatable bonds is 0. The third kappa shape index (κ3) is 1.15. The SMILES string of the molecule is Cc1ccc2c(c1)=C1C=c3c(C)cccc3=C1C=2. The molecule has 0 heterocycles. The molecule has 0 spiro atoms. The fourth-order valence-corrected chi connectivity index (χ4v) is 3.04. The van der Waals surface area contributed by atoms with Gasteiger partial charge < -0.3 is 0 Å². The number of benzene rings is 2. The van der Waals surface area contributed by atoms with Crippen LogP contribution in [0.2, 0.25) is 0 Å². The van der Waals surface area contributed by atoms with E-state index in [9.17, 15) is 0 Å². The summed E-state index contributed by atoms with van der Waals surface area (Å²) in [5.74, 6) is 0. The van der Waals surface area contributed by atoms with Crippen molar-refractivity contribution >= 4 is 23.3 Å². The van der Waals surface area contributed by atoms with Crippen molar-refractivity contribution in [3.63, 3.8) is 0 Å². The maximum Gasteiger partial charge on any atom is -0.00926 e. The van der Waals surface area contributed by atoms with Crippen LogP contribution in [0.4, 0.5) is 0 Å². The van der Waals surface area contributed by atoms with Crippen molar-refractivity contribution in [3.05, 3.63) is 68.4 Å². The van der Waals surface area contributed by atoms with Crippen molar-refractivity contribution < 1.29 is 0 Å². The first-order valence-corrected chi connectivity index (χ1v) is 6.39. The first-order chi connectivity index (χ1) is 8.74. The predicted octanol–water partition coefficient (Wildman–Crippen LogP) is 0.893. The Morgan fingerprint density at radius 2 is 1.61 bits per heavy atom. The molecule has 2 aliphatic carbocycles. The molecule has 0 heteroatoms. The number of hydrogen-bond acceptors (Lipinski definition) is 0. The van der Waals surface area contributed by atoms with E-state index < -0.39 is 0 Å². The molecule has 86 valence electrons. The van der Waals surface area contributed by atoms with Gasteiger partial charge in [0.25, 0.3) is 0 Å².